The second kappa shape index (κ2) is 6.10. The smallest absolute Gasteiger partial charge is 0.416 e. The van der Waals surface area contributed by atoms with Crippen LogP contribution in [0.15, 0.2) is 24.3 Å². The molecule has 17 heavy (non-hydrogen) atoms. The molecule has 0 spiro atoms. The standard InChI is InChI=1S/C12H18N2O3/c1-3-5-11(15)14(12(16)17-2)10-7-4-6-9(13)8-10/h4,6-8,11,15H,3,5,13H2,1-2H3. The minimum atomic E-state index is -0.908. The van der Waals surface area contributed by atoms with Gasteiger partial charge in [0, 0.05) is 5.69 Å². The Bertz CT molecular complexity index is 382. The monoisotopic (exact) mass is 238 g/mol. The van der Waals surface area contributed by atoms with Crippen LogP contribution in [0.25, 0.3) is 0 Å². The van der Waals surface area contributed by atoms with Crippen molar-refractivity contribution in [2.24, 2.45) is 0 Å². The number of rotatable bonds is 4. The molecule has 0 aliphatic heterocycles. The second-order valence-electron chi connectivity index (χ2n) is 3.70. The Morgan fingerprint density at radius 3 is 2.82 bits per heavy atom. The largest absolute Gasteiger partial charge is 0.452 e. The Balaban J connectivity index is 3.01. The molecule has 1 amide bonds. The number of hydrogen-bond donors (Lipinski definition) is 2. The first-order valence-electron chi connectivity index (χ1n) is 5.51. The molecule has 1 aromatic rings. The van der Waals surface area contributed by atoms with Gasteiger partial charge >= 0.3 is 6.09 Å². The first-order valence-corrected chi connectivity index (χ1v) is 5.51. The second-order valence-corrected chi connectivity index (χ2v) is 3.70. The third-order valence-corrected chi connectivity index (χ3v) is 2.36. The van der Waals surface area contributed by atoms with Gasteiger partial charge in [0.15, 0.2) is 0 Å². The number of methoxy groups -OCH3 is 1. The van der Waals surface area contributed by atoms with Gasteiger partial charge in [-0.2, -0.15) is 0 Å². The van der Waals surface area contributed by atoms with Crippen LogP contribution >= 0.6 is 0 Å². The molecule has 94 valence electrons. The number of nitrogen functional groups attached to an aromatic ring is 1. The van der Waals surface area contributed by atoms with Crippen LogP contribution in [0.5, 0.6) is 0 Å². The molecule has 0 aliphatic carbocycles. The summed E-state index contributed by atoms with van der Waals surface area (Å²) in [6.07, 6.45) is -0.272. The summed E-state index contributed by atoms with van der Waals surface area (Å²) in [5, 5.41) is 9.94. The van der Waals surface area contributed by atoms with Crippen molar-refractivity contribution in [2.45, 2.75) is 26.0 Å². The number of nitrogens with two attached hydrogens (primary N) is 1. The van der Waals surface area contributed by atoms with Crippen LogP contribution in [-0.4, -0.2) is 24.5 Å². The van der Waals surface area contributed by atoms with Gasteiger partial charge in [0.2, 0.25) is 0 Å². The van der Waals surface area contributed by atoms with Crippen LogP contribution in [0.4, 0.5) is 16.2 Å². The van der Waals surface area contributed by atoms with Gasteiger partial charge in [-0.15, -0.1) is 0 Å². The van der Waals surface area contributed by atoms with Crippen molar-refractivity contribution in [2.75, 3.05) is 17.7 Å². The SMILES string of the molecule is CCCC(O)N(C(=O)OC)c1cccc(N)c1. The molecule has 0 aromatic heterocycles. The molecule has 3 N–H and O–H groups in total. The van der Waals surface area contributed by atoms with Gasteiger partial charge in [-0.05, 0) is 24.6 Å². The Morgan fingerprint density at radius 2 is 2.29 bits per heavy atom. The van der Waals surface area contributed by atoms with Crippen molar-refractivity contribution in [1.82, 2.24) is 0 Å². The van der Waals surface area contributed by atoms with E-state index in [2.05, 4.69) is 4.74 Å². The van der Waals surface area contributed by atoms with E-state index in [0.717, 1.165) is 6.42 Å². The van der Waals surface area contributed by atoms with Crippen LogP contribution in [-0.2, 0) is 4.74 Å². The lowest BCUT2D eigenvalue weighted by Crippen LogP contribution is -2.40. The molecule has 0 saturated heterocycles. The highest BCUT2D eigenvalue weighted by atomic mass is 16.5. The Hall–Kier alpha value is -1.75. The number of aliphatic hydroxyl groups is 1. The maximum Gasteiger partial charge on any atom is 0.416 e. The Labute approximate surface area is 101 Å². The summed E-state index contributed by atoms with van der Waals surface area (Å²) in [6.45, 7) is 1.93. The molecule has 5 nitrogen and oxygen atoms in total. The molecule has 0 bridgehead atoms. The van der Waals surface area contributed by atoms with E-state index in [0.29, 0.717) is 17.8 Å². The zero-order valence-electron chi connectivity index (χ0n) is 10.1. The van der Waals surface area contributed by atoms with E-state index in [-0.39, 0.29) is 0 Å². The minimum Gasteiger partial charge on any atom is -0.452 e. The van der Waals surface area contributed by atoms with Crippen molar-refractivity contribution in [3.05, 3.63) is 24.3 Å². The number of carbonyl (C=O) groups is 1. The van der Waals surface area contributed by atoms with Crippen LogP contribution in [0, 0.1) is 0 Å². The fraction of sp³-hybridized carbons (Fsp3) is 0.417. The van der Waals surface area contributed by atoms with Crippen molar-refractivity contribution in [3.8, 4) is 0 Å². The predicted octanol–water partition coefficient (Wildman–Crippen LogP) is 1.96. The molecule has 0 saturated carbocycles. The van der Waals surface area contributed by atoms with Crippen molar-refractivity contribution in [3.63, 3.8) is 0 Å². The van der Waals surface area contributed by atoms with Crippen LogP contribution in [0.1, 0.15) is 19.8 Å². The molecule has 1 aromatic carbocycles. The van der Waals surface area contributed by atoms with E-state index in [4.69, 9.17) is 5.73 Å². The zero-order chi connectivity index (χ0) is 12.8. The number of ether oxygens (including phenoxy) is 1. The molecule has 1 rings (SSSR count). The molecule has 0 radical (unpaired) electrons. The molecule has 0 aliphatic rings. The van der Waals surface area contributed by atoms with E-state index in [1.807, 2.05) is 6.92 Å². The molecule has 0 fully saturated rings. The van der Waals surface area contributed by atoms with Crippen molar-refractivity contribution in [1.29, 1.82) is 0 Å². The molecular weight excluding hydrogens is 220 g/mol. The maximum absolute atomic E-state index is 11.6. The predicted molar refractivity (Wildman–Crippen MR) is 66.7 cm³/mol. The third-order valence-electron chi connectivity index (χ3n) is 2.36. The average molecular weight is 238 g/mol. The summed E-state index contributed by atoms with van der Waals surface area (Å²) in [6, 6.07) is 6.76. The van der Waals surface area contributed by atoms with E-state index in [1.165, 1.54) is 12.0 Å². The summed E-state index contributed by atoms with van der Waals surface area (Å²) < 4.78 is 4.66. The topological polar surface area (TPSA) is 75.8 Å². The molecule has 1 unspecified atom stereocenters. The number of amides is 1. The zero-order valence-corrected chi connectivity index (χ0v) is 10.1. The highest BCUT2D eigenvalue weighted by molar-refractivity contribution is 5.88. The van der Waals surface area contributed by atoms with Crippen LogP contribution < -0.4 is 10.6 Å². The van der Waals surface area contributed by atoms with Gasteiger partial charge in [0.1, 0.15) is 6.23 Å². The number of hydrogen-bond acceptors (Lipinski definition) is 4. The summed E-state index contributed by atoms with van der Waals surface area (Å²) in [4.78, 5) is 12.8. The number of anilines is 2. The number of carbonyl (C=O) groups excluding carboxylic acids is 1. The molecular formula is C12H18N2O3. The lowest BCUT2D eigenvalue weighted by atomic mass is 10.2. The average Bonchev–Trinajstić information content (AvgIpc) is 2.29. The van der Waals surface area contributed by atoms with E-state index in [9.17, 15) is 9.90 Å². The van der Waals surface area contributed by atoms with E-state index in [1.54, 1.807) is 24.3 Å². The number of aliphatic hydroxyl groups excluding tert-OH is 1. The first kappa shape index (κ1) is 13.3. The molecule has 1 atom stereocenters. The Morgan fingerprint density at radius 1 is 1.59 bits per heavy atom. The lowest BCUT2D eigenvalue weighted by Gasteiger charge is -2.26. The number of nitrogens with zero attached hydrogens (tertiary/aromatic N) is 1. The van der Waals surface area contributed by atoms with Gasteiger partial charge in [-0.3, -0.25) is 4.90 Å². The van der Waals surface area contributed by atoms with Gasteiger partial charge in [0.05, 0.1) is 12.8 Å². The van der Waals surface area contributed by atoms with Crippen LogP contribution in [0.3, 0.4) is 0 Å². The number of benzene rings is 1. The fourth-order valence-electron chi connectivity index (χ4n) is 1.56. The van der Waals surface area contributed by atoms with Gasteiger partial charge in [-0.25, -0.2) is 4.79 Å². The molecule has 5 heteroatoms. The summed E-state index contributed by atoms with van der Waals surface area (Å²) in [7, 11) is 1.28. The minimum absolute atomic E-state index is 0.476. The Kier molecular flexibility index (Phi) is 4.78. The molecule has 0 heterocycles. The highest BCUT2D eigenvalue weighted by Gasteiger charge is 2.23. The summed E-state index contributed by atoms with van der Waals surface area (Å²) in [5.74, 6) is 0. The van der Waals surface area contributed by atoms with Gasteiger partial charge in [0.25, 0.3) is 0 Å². The normalized spacial score (nSPS) is 11.9. The van der Waals surface area contributed by atoms with E-state index < -0.39 is 12.3 Å². The third kappa shape index (κ3) is 3.35. The van der Waals surface area contributed by atoms with Crippen molar-refractivity contribution < 1.29 is 14.6 Å². The lowest BCUT2D eigenvalue weighted by molar-refractivity contribution is 0.129. The summed E-state index contributed by atoms with van der Waals surface area (Å²) in [5.41, 5.74) is 6.71. The maximum atomic E-state index is 11.6. The van der Waals surface area contributed by atoms with Crippen molar-refractivity contribution >= 4 is 17.5 Å². The first-order chi connectivity index (χ1) is 8.10. The summed E-state index contributed by atoms with van der Waals surface area (Å²) >= 11 is 0. The fourth-order valence-corrected chi connectivity index (χ4v) is 1.56. The van der Waals surface area contributed by atoms with E-state index >= 15 is 0 Å². The quantitative estimate of drug-likeness (QED) is 0.621. The highest BCUT2D eigenvalue weighted by Crippen LogP contribution is 2.21. The van der Waals surface area contributed by atoms with Gasteiger partial charge < -0.3 is 15.6 Å². The van der Waals surface area contributed by atoms with Gasteiger partial charge in [-0.1, -0.05) is 19.4 Å². The van der Waals surface area contributed by atoms with Crippen LogP contribution in [0.2, 0.25) is 0 Å².